The Hall–Kier alpha value is -3.32. The SMILES string of the molecule is CN(C)CCn1ccc2c(NC(=O)c3cccc4c3OCCO4)cccc2c1=O. The van der Waals surface area contributed by atoms with Crippen molar-refractivity contribution >= 4 is 22.4 Å². The Bertz CT molecular complexity index is 1120. The maximum absolute atomic E-state index is 12.9. The van der Waals surface area contributed by atoms with Gasteiger partial charge in [-0.1, -0.05) is 12.1 Å². The molecule has 0 saturated carbocycles. The zero-order valence-corrected chi connectivity index (χ0v) is 16.5. The number of likely N-dealkylation sites (N-methyl/N-ethyl adjacent to an activating group) is 1. The molecule has 7 heteroatoms. The number of ether oxygens (including phenoxy) is 2. The Morgan fingerprint density at radius 1 is 1.07 bits per heavy atom. The number of aromatic nitrogens is 1. The van der Waals surface area contributed by atoms with Crippen molar-refractivity contribution < 1.29 is 14.3 Å². The Labute approximate surface area is 168 Å². The van der Waals surface area contributed by atoms with Gasteiger partial charge >= 0.3 is 0 Å². The lowest BCUT2D eigenvalue weighted by molar-refractivity contribution is 0.101. The third kappa shape index (κ3) is 3.82. The highest BCUT2D eigenvalue weighted by Crippen LogP contribution is 2.34. The van der Waals surface area contributed by atoms with Crippen LogP contribution in [0.3, 0.4) is 0 Å². The molecule has 1 aliphatic heterocycles. The second kappa shape index (κ2) is 7.97. The van der Waals surface area contributed by atoms with E-state index in [0.29, 0.717) is 53.3 Å². The van der Waals surface area contributed by atoms with E-state index in [-0.39, 0.29) is 11.5 Å². The summed E-state index contributed by atoms with van der Waals surface area (Å²) in [5.41, 5.74) is 0.909. The minimum absolute atomic E-state index is 0.0747. The fourth-order valence-electron chi connectivity index (χ4n) is 3.35. The predicted octanol–water partition coefficient (Wildman–Crippen LogP) is 2.59. The molecule has 150 valence electrons. The Morgan fingerprint density at radius 3 is 2.69 bits per heavy atom. The van der Waals surface area contributed by atoms with Gasteiger partial charge in [-0.3, -0.25) is 9.59 Å². The molecule has 3 aromatic rings. The molecule has 7 nitrogen and oxygen atoms in total. The summed E-state index contributed by atoms with van der Waals surface area (Å²) in [5.74, 6) is 0.699. The van der Waals surface area contributed by atoms with Crippen molar-refractivity contribution in [3.63, 3.8) is 0 Å². The van der Waals surface area contributed by atoms with Crippen LogP contribution in [0.4, 0.5) is 5.69 Å². The van der Waals surface area contributed by atoms with Gasteiger partial charge in [0.1, 0.15) is 13.2 Å². The molecule has 0 bridgehead atoms. The third-order valence-corrected chi connectivity index (χ3v) is 4.87. The first-order valence-corrected chi connectivity index (χ1v) is 9.51. The van der Waals surface area contributed by atoms with Crippen LogP contribution in [-0.2, 0) is 6.54 Å². The maximum atomic E-state index is 12.9. The number of carbonyl (C=O) groups excluding carboxylic acids is 1. The molecule has 1 N–H and O–H groups in total. The normalized spacial score (nSPS) is 12.9. The minimum Gasteiger partial charge on any atom is -0.486 e. The minimum atomic E-state index is -0.309. The van der Waals surface area contributed by atoms with E-state index in [1.54, 1.807) is 47.2 Å². The molecule has 0 spiro atoms. The lowest BCUT2D eigenvalue weighted by Crippen LogP contribution is -2.26. The van der Waals surface area contributed by atoms with Gasteiger partial charge in [-0.2, -0.15) is 0 Å². The van der Waals surface area contributed by atoms with Crippen LogP contribution >= 0.6 is 0 Å². The first-order chi connectivity index (χ1) is 14.0. The molecule has 0 unspecified atom stereocenters. The molecule has 1 amide bonds. The Kier molecular flexibility index (Phi) is 5.22. The number of hydrogen-bond donors (Lipinski definition) is 1. The second-order valence-corrected chi connectivity index (χ2v) is 7.17. The van der Waals surface area contributed by atoms with Crippen molar-refractivity contribution in [1.29, 1.82) is 0 Å². The van der Waals surface area contributed by atoms with Gasteiger partial charge < -0.3 is 24.3 Å². The Morgan fingerprint density at radius 2 is 1.86 bits per heavy atom. The average molecular weight is 393 g/mol. The number of para-hydroxylation sites is 1. The van der Waals surface area contributed by atoms with Gasteiger partial charge in [0.2, 0.25) is 0 Å². The summed E-state index contributed by atoms with van der Waals surface area (Å²) in [6, 6.07) is 12.4. The van der Waals surface area contributed by atoms with Crippen LogP contribution in [-0.4, -0.2) is 49.2 Å². The fraction of sp³-hybridized carbons (Fsp3) is 0.273. The molecule has 0 atom stereocenters. The molecular weight excluding hydrogens is 370 g/mol. The number of pyridine rings is 1. The molecule has 0 saturated heterocycles. The molecule has 1 aromatic heterocycles. The number of amides is 1. The molecule has 2 heterocycles. The van der Waals surface area contributed by atoms with E-state index in [0.717, 1.165) is 6.54 Å². The van der Waals surface area contributed by atoms with E-state index in [9.17, 15) is 9.59 Å². The summed E-state index contributed by atoms with van der Waals surface area (Å²) in [4.78, 5) is 27.8. The van der Waals surface area contributed by atoms with Crippen molar-refractivity contribution in [2.75, 3.05) is 39.2 Å². The van der Waals surface area contributed by atoms with Crippen LogP contribution in [0.1, 0.15) is 10.4 Å². The van der Waals surface area contributed by atoms with Gasteiger partial charge in [-0.25, -0.2) is 0 Å². The van der Waals surface area contributed by atoms with Gasteiger partial charge in [0.25, 0.3) is 11.5 Å². The molecule has 29 heavy (non-hydrogen) atoms. The van der Waals surface area contributed by atoms with Crippen LogP contribution in [0.5, 0.6) is 11.5 Å². The molecule has 4 rings (SSSR count). The van der Waals surface area contributed by atoms with E-state index in [1.165, 1.54) is 0 Å². The first kappa shape index (κ1) is 19.0. The van der Waals surface area contributed by atoms with Crippen molar-refractivity contribution in [2.45, 2.75) is 6.54 Å². The molecule has 0 aliphatic carbocycles. The van der Waals surface area contributed by atoms with Crippen LogP contribution in [0, 0.1) is 0 Å². The van der Waals surface area contributed by atoms with Crippen molar-refractivity contribution in [3.8, 4) is 11.5 Å². The number of fused-ring (bicyclic) bond motifs is 2. The number of carbonyl (C=O) groups is 1. The molecular formula is C22H23N3O4. The number of rotatable bonds is 5. The summed E-state index contributed by atoms with van der Waals surface area (Å²) in [7, 11) is 3.94. The van der Waals surface area contributed by atoms with E-state index in [2.05, 4.69) is 5.32 Å². The lowest BCUT2D eigenvalue weighted by atomic mass is 10.1. The van der Waals surface area contributed by atoms with Crippen molar-refractivity contribution in [2.24, 2.45) is 0 Å². The topological polar surface area (TPSA) is 72.8 Å². The van der Waals surface area contributed by atoms with E-state index >= 15 is 0 Å². The Balaban J connectivity index is 1.66. The zero-order chi connectivity index (χ0) is 20.4. The molecule has 2 aromatic carbocycles. The van der Waals surface area contributed by atoms with Gasteiger partial charge in [0.15, 0.2) is 11.5 Å². The fourth-order valence-corrected chi connectivity index (χ4v) is 3.35. The summed E-state index contributed by atoms with van der Waals surface area (Å²) in [6.45, 7) is 2.23. The van der Waals surface area contributed by atoms with Crippen LogP contribution in [0.25, 0.3) is 10.8 Å². The van der Waals surface area contributed by atoms with E-state index in [4.69, 9.17) is 9.47 Å². The second-order valence-electron chi connectivity index (χ2n) is 7.17. The van der Waals surface area contributed by atoms with Gasteiger partial charge in [0.05, 0.1) is 5.56 Å². The maximum Gasteiger partial charge on any atom is 0.259 e. The highest BCUT2D eigenvalue weighted by molar-refractivity contribution is 6.10. The molecule has 0 radical (unpaired) electrons. The van der Waals surface area contributed by atoms with Crippen molar-refractivity contribution in [3.05, 3.63) is 64.6 Å². The highest BCUT2D eigenvalue weighted by atomic mass is 16.6. The zero-order valence-electron chi connectivity index (χ0n) is 16.5. The first-order valence-electron chi connectivity index (χ1n) is 9.51. The van der Waals surface area contributed by atoms with Gasteiger partial charge in [-0.15, -0.1) is 0 Å². The monoisotopic (exact) mass is 393 g/mol. The summed E-state index contributed by atoms with van der Waals surface area (Å²) in [5, 5.41) is 4.19. The number of hydrogen-bond acceptors (Lipinski definition) is 5. The molecule has 0 fully saturated rings. The third-order valence-electron chi connectivity index (χ3n) is 4.87. The standard InChI is InChI=1S/C22H23N3O4/c1-24(2)11-12-25-10-9-15-16(22(25)27)5-3-7-18(15)23-21(26)17-6-4-8-19-20(17)29-14-13-28-19/h3-10H,11-14H2,1-2H3,(H,23,26). The van der Waals surface area contributed by atoms with Crippen LogP contribution in [0.15, 0.2) is 53.5 Å². The van der Waals surface area contributed by atoms with E-state index < -0.39 is 0 Å². The number of benzene rings is 2. The summed E-state index contributed by atoms with van der Waals surface area (Å²) < 4.78 is 12.9. The van der Waals surface area contributed by atoms with E-state index in [1.807, 2.05) is 25.1 Å². The summed E-state index contributed by atoms with van der Waals surface area (Å²) >= 11 is 0. The van der Waals surface area contributed by atoms with Gasteiger partial charge in [-0.05, 0) is 44.4 Å². The van der Waals surface area contributed by atoms with Crippen molar-refractivity contribution in [1.82, 2.24) is 9.47 Å². The highest BCUT2D eigenvalue weighted by Gasteiger charge is 2.21. The number of nitrogens with one attached hydrogen (secondary N) is 1. The number of anilines is 1. The summed E-state index contributed by atoms with van der Waals surface area (Å²) in [6.07, 6.45) is 1.77. The van der Waals surface area contributed by atoms with Crippen LogP contribution < -0.4 is 20.3 Å². The lowest BCUT2D eigenvalue weighted by Gasteiger charge is -2.20. The van der Waals surface area contributed by atoms with Gasteiger partial charge in [0, 0.05) is 35.7 Å². The predicted molar refractivity (Wildman–Crippen MR) is 112 cm³/mol. The van der Waals surface area contributed by atoms with Crippen LogP contribution in [0.2, 0.25) is 0 Å². The number of nitrogens with zero attached hydrogens (tertiary/aromatic N) is 2. The quantitative estimate of drug-likeness (QED) is 0.721. The molecule has 1 aliphatic rings. The largest absolute Gasteiger partial charge is 0.486 e. The average Bonchev–Trinajstić information content (AvgIpc) is 2.73. The smallest absolute Gasteiger partial charge is 0.259 e.